The van der Waals surface area contributed by atoms with Crippen molar-refractivity contribution < 1.29 is 0 Å². The fourth-order valence-corrected chi connectivity index (χ4v) is 2.26. The van der Waals surface area contributed by atoms with Gasteiger partial charge in [-0.1, -0.05) is 0 Å². The number of anilines is 1. The van der Waals surface area contributed by atoms with E-state index in [1.807, 2.05) is 14.0 Å². The summed E-state index contributed by atoms with van der Waals surface area (Å²) < 4.78 is 0. The predicted molar refractivity (Wildman–Crippen MR) is 63.6 cm³/mol. The number of nitrogens with one attached hydrogen (secondary N) is 1. The third-order valence-corrected chi connectivity index (χ3v) is 3.07. The third kappa shape index (κ3) is 2.29. The minimum absolute atomic E-state index is 0.460. The molecule has 1 fully saturated rings. The first-order chi connectivity index (χ1) is 7.70. The Bertz CT molecular complexity index is 365. The van der Waals surface area contributed by atoms with Gasteiger partial charge in [0.05, 0.1) is 0 Å². The largest absolute Gasteiger partial charge is 0.372 e. The number of likely N-dealkylation sites (tertiary alicyclic amines) is 1. The van der Waals surface area contributed by atoms with Crippen molar-refractivity contribution in [1.82, 2.24) is 20.1 Å². The Morgan fingerprint density at radius 3 is 2.88 bits per heavy atom. The van der Waals surface area contributed by atoms with Gasteiger partial charge in [0, 0.05) is 19.5 Å². The Hall–Kier alpha value is -1.23. The lowest BCUT2D eigenvalue weighted by Gasteiger charge is -2.29. The summed E-state index contributed by atoms with van der Waals surface area (Å²) in [6, 6.07) is 0. The molecule has 16 heavy (non-hydrogen) atoms. The van der Waals surface area contributed by atoms with Crippen LogP contribution in [0.1, 0.15) is 30.3 Å². The molecule has 0 saturated carbocycles. The molecule has 0 aliphatic carbocycles. The average Bonchev–Trinajstić information content (AvgIpc) is 2.28. The van der Waals surface area contributed by atoms with Crippen LogP contribution in [0.4, 0.5) is 5.82 Å². The summed E-state index contributed by atoms with van der Waals surface area (Å²) in [6.07, 6.45) is 2.40. The highest BCUT2D eigenvalue weighted by molar-refractivity contribution is 5.41. The lowest BCUT2D eigenvalue weighted by atomic mass is 9.95. The number of aryl methyl sites for hydroxylation is 1. The molecule has 1 saturated heterocycles. The molecular weight excluding hydrogens is 202 g/mol. The predicted octanol–water partition coefficient (Wildman–Crippen LogP) is 1.03. The molecule has 1 aromatic heterocycles. The topological polar surface area (TPSA) is 53.9 Å². The summed E-state index contributed by atoms with van der Waals surface area (Å²) in [5.41, 5.74) is 1.01. The van der Waals surface area contributed by atoms with Crippen LogP contribution in [0.5, 0.6) is 0 Å². The van der Waals surface area contributed by atoms with E-state index in [-0.39, 0.29) is 0 Å². The van der Waals surface area contributed by atoms with Crippen LogP contribution in [0.25, 0.3) is 0 Å². The van der Waals surface area contributed by atoms with Gasteiger partial charge >= 0.3 is 0 Å². The highest BCUT2D eigenvalue weighted by atomic mass is 15.2. The quantitative estimate of drug-likeness (QED) is 0.808. The zero-order chi connectivity index (χ0) is 11.5. The maximum atomic E-state index is 4.39. The maximum absolute atomic E-state index is 4.39. The van der Waals surface area contributed by atoms with Gasteiger partial charge in [-0.05, 0) is 33.4 Å². The molecule has 5 nitrogen and oxygen atoms in total. The van der Waals surface area contributed by atoms with E-state index in [0.29, 0.717) is 5.92 Å². The molecule has 0 aromatic carbocycles. The van der Waals surface area contributed by atoms with Crippen molar-refractivity contribution in [1.29, 1.82) is 0 Å². The van der Waals surface area contributed by atoms with Gasteiger partial charge in [0.2, 0.25) is 0 Å². The van der Waals surface area contributed by atoms with Gasteiger partial charge < -0.3 is 10.2 Å². The van der Waals surface area contributed by atoms with E-state index < -0.39 is 0 Å². The van der Waals surface area contributed by atoms with Gasteiger partial charge in [0.25, 0.3) is 0 Å². The second-order valence-corrected chi connectivity index (χ2v) is 4.44. The normalized spacial score (nSPS) is 22.1. The molecule has 1 N–H and O–H groups in total. The Kier molecular flexibility index (Phi) is 3.33. The maximum Gasteiger partial charge on any atom is 0.151 e. The first-order valence-corrected chi connectivity index (χ1v) is 5.78. The first-order valence-electron chi connectivity index (χ1n) is 5.78. The number of piperidine rings is 1. The summed E-state index contributed by atoms with van der Waals surface area (Å²) in [4.78, 5) is 6.73. The molecule has 1 aromatic rings. The lowest BCUT2D eigenvalue weighted by Crippen LogP contribution is -2.31. The molecule has 1 unspecified atom stereocenters. The van der Waals surface area contributed by atoms with Gasteiger partial charge in [-0.25, -0.2) is 4.98 Å². The van der Waals surface area contributed by atoms with Crippen molar-refractivity contribution in [2.75, 3.05) is 32.5 Å². The monoisotopic (exact) mass is 221 g/mol. The van der Waals surface area contributed by atoms with E-state index in [4.69, 9.17) is 0 Å². The zero-order valence-electron chi connectivity index (χ0n) is 10.2. The van der Waals surface area contributed by atoms with Crippen LogP contribution in [0.15, 0.2) is 0 Å². The molecule has 2 heterocycles. The average molecular weight is 221 g/mol. The van der Waals surface area contributed by atoms with Gasteiger partial charge in [0.1, 0.15) is 11.5 Å². The van der Waals surface area contributed by atoms with Crippen molar-refractivity contribution in [2.45, 2.75) is 25.7 Å². The summed E-state index contributed by atoms with van der Waals surface area (Å²) in [5, 5.41) is 11.5. The Morgan fingerprint density at radius 2 is 2.19 bits per heavy atom. The van der Waals surface area contributed by atoms with E-state index in [1.54, 1.807) is 0 Å². The fourth-order valence-electron chi connectivity index (χ4n) is 2.26. The molecule has 0 amide bonds. The van der Waals surface area contributed by atoms with Crippen molar-refractivity contribution in [2.24, 2.45) is 0 Å². The molecule has 1 aliphatic heterocycles. The van der Waals surface area contributed by atoms with Crippen LogP contribution in [0.3, 0.4) is 0 Å². The fraction of sp³-hybridized carbons (Fsp3) is 0.727. The lowest BCUT2D eigenvalue weighted by molar-refractivity contribution is 0.248. The van der Waals surface area contributed by atoms with Crippen LogP contribution in [-0.4, -0.2) is 47.3 Å². The molecular formula is C11H19N5. The van der Waals surface area contributed by atoms with Crippen molar-refractivity contribution in [3.63, 3.8) is 0 Å². The van der Waals surface area contributed by atoms with Gasteiger partial charge in [-0.2, -0.15) is 0 Å². The van der Waals surface area contributed by atoms with Gasteiger partial charge in [-0.3, -0.25) is 0 Å². The number of aromatic nitrogens is 3. The van der Waals surface area contributed by atoms with E-state index >= 15 is 0 Å². The smallest absolute Gasteiger partial charge is 0.151 e. The van der Waals surface area contributed by atoms with Gasteiger partial charge in [0.15, 0.2) is 5.82 Å². The van der Waals surface area contributed by atoms with E-state index in [0.717, 1.165) is 23.9 Å². The van der Waals surface area contributed by atoms with Crippen LogP contribution in [0, 0.1) is 6.92 Å². The summed E-state index contributed by atoms with van der Waals surface area (Å²) in [7, 11) is 4.04. The molecule has 5 heteroatoms. The summed E-state index contributed by atoms with van der Waals surface area (Å²) in [5.74, 6) is 2.06. The van der Waals surface area contributed by atoms with Crippen LogP contribution >= 0.6 is 0 Å². The minimum Gasteiger partial charge on any atom is -0.372 e. The third-order valence-electron chi connectivity index (χ3n) is 3.07. The first kappa shape index (κ1) is 11.3. The van der Waals surface area contributed by atoms with Crippen molar-refractivity contribution in [3.05, 3.63) is 11.5 Å². The SMILES string of the molecule is CNc1nc(C)nnc1C1CCCN(C)C1. The molecule has 88 valence electrons. The van der Waals surface area contributed by atoms with Crippen LogP contribution in [-0.2, 0) is 0 Å². The molecule has 2 rings (SSSR count). The van der Waals surface area contributed by atoms with Crippen molar-refractivity contribution in [3.8, 4) is 0 Å². The Balaban J connectivity index is 2.24. The van der Waals surface area contributed by atoms with E-state index in [2.05, 4.69) is 32.4 Å². The number of likely N-dealkylation sites (N-methyl/N-ethyl adjacent to an activating group) is 1. The Morgan fingerprint density at radius 1 is 1.38 bits per heavy atom. The van der Waals surface area contributed by atoms with Gasteiger partial charge in [-0.15, -0.1) is 10.2 Å². The molecule has 0 spiro atoms. The number of rotatable bonds is 2. The number of hydrogen-bond acceptors (Lipinski definition) is 5. The molecule has 1 atom stereocenters. The molecule has 0 bridgehead atoms. The zero-order valence-corrected chi connectivity index (χ0v) is 10.2. The Labute approximate surface area is 96.3 Å². The second-order valence-electron chi connectivity index (χ2n) is 4.44. The number of hydrogen-bond donors (Lipinski definition) is 1. The minimum atomic E-state index is 0.460. The number of nitrogens with zero attached hydrogens (tertiary/aromatic N) is 4. The molecule has 1 aliphatic rings. The second kappa shape index (κ2) is 4.74. The van der Waals surface area contributed by atoms with E-state index in [1.165, 1.54) is 19.4 Å². The van der Waals surface area contributed by atoms with Crippen molar-refractivity contribution >= 4 is 5.82 Å². The van der Waals surface area contributed by atoms with Crippen LogP contribution in [0.2, 0.25) is 0 Å². The van der Waals surface area contributed by atoms with E-state index in [9.17, 15) is 0 Å². The summed E-state index contributed by atoms with van der Waals surface area (Å²) >= 11 is 0. The van der Waals surface area contributed by atoms with Crippen LogP contribution < -0.4 is 5.32 Å². The summed E-state index contributed by atoms with van der Waals surface area (Å²) in [6.45, 7) is 4.09. The highest BCUT2D eigenvalue weighted by Gasteiger charge is 2.23. The highest BCUT2D eigenvalue weighted by Crippen LogP contribution is 2.28. The standard InChI is InChI=1S/C11H19N5/c1-8-13-11(12-2)10(15-14-8)9-5-4-6-16(3)7-9/h9H,4-7H2,1-3H3,(H,12,13,14). The molecule has 0 radical (unpaired) electrons.